The lowest BCUT2D eigenvalue weighted by molar-refractivity contribution is 0.867. The summed E-state index contributed by atoms with van der Waals surface area (Å²) in [6.07, 6.45) is 1.64. The molecule has 136 valence electrons. The molecule has 0 fully saturated rings. The van der Waals surface area contributed by atoms with Gasteiger partial charge >= 0.3 is 0 Å². The Morgan fingerprint density at radius 3 is 2.44 bits per heavy atom. The van der Waals surface area contributed by atoms with Crippen molar-refractivity contribution in [3.05, 3.63) is 70.9 Å². The molecule has 0 radical (unpaired) electrons. The van der Waals surface area contributed by atoms with Crippen LogP contribution in [0.25, 0.3) is 21.3 Å². The van der Waals surface area contributed by atoms with Crippen LogP contribution >= 0.6 is 11.3 Å². The van der Waals surface area contributed by atoms with Crippen LogP contribution < -0.4 is 5.32 Å². The first-order valence-corrected chi connectivity index (χ1v) is 10.1. The first kappa shape index (κ1) is 17.7. The van der Waals surface area contributed by atoms with Gasteiger partial charge in [-0.05, 0) is 42.5 Å². The quantitative estimate of drug-likeness (QED) is 0.425. The van der Waals surface area contributed by atoms with Crippen LogP contribution in [0.15, 0.2) is 54.2 Å². The summed E-state index contributed by atoms with van der Waals surface area (Å²) in [5.41, 5.74) is 7.27. The van der Waals surface area contributed by atoms with Crippen LogP contribution in [-0.2, 0) is 0 Å². The van der Waals surface area contributed by atoms with Gasteiger partial charge in [-0.25, -0.2) is 9.97 Å². The smallest absolute Gasteiger partial charge is 0.143 e. The fourth-order valence-corrected chi connectivity index (χ4v) is 4.23. The van der Waals surface area contributed by atoms with Gasteiger partial charge in [-0.2, -0.15) is 0 Å². The van der Waals surface area contributed by atoms with Crippen molar-refractivity contribution in [3.63, 3.8) is 0 Å². The average molecular weight is 374 g/mol. The summed E-state index contributed by atoms with van der Waals surface area (Å²) in [5.74, 6) is 1.39. The number of hydrogen-bond donors (Lipinski definition) is 1. The Kier molecular flexibility index (Phi) is 4.66. The van der Waals surface area contributed by atoms with Gasteiger partial charge in [0.1, 0.15) is 17.0 Å². The lowest BCUT2D eigenvalue weighted by Gasteiger charge is -2.12. The van der Waals surface area contributed by atoms with Gasteiger partial charge < -0.3 is 5.32 Å². The van der Waals surface area contributed by atoms with E-state index in [2.05, 4.69) is 90.8 Å². The predicted molar refractivity (Wildman–Crippen MR) is 116 cm³/mol. The van der Waals surface area contributed by atoms with Crippen molar-refractivity contribution >= 4 is 33.1 Å². The summed E-state index contributed by atoms with van der Waals surface area (Å²) in [7, 11) is 0. The standard InChI is InChI=1S/C23H23N3S/c1-14(2)17-6-8-18(9-7-17)19-12-27-23-21(19)22(24-13-25-23)26-20-10-5-15(3)11-16(20)4/h5-14H,1-4H3,(H,24,25,26). The van der Waals surface area contributed by atoms with Crippen LogP contribution in [0.4, 0.5) is 11.5 Å². The molecule has 0 bridgehead atoms. The molecule has 0 amide bonds. The highest BCUT2D eigenvalue weighted by Crippen LogP contribution is 2.38. The van der Waals surface area contributed by atoms with Crippen molar-refractivity contribution in [1.29, 1.82) is 0 Å². The van der Waals surface area contributed by atoms with Gasteiger partial charge in [0, 0.05) is 16.6 Å². The van der Waals surface area contributed by atoms with Crippen molar-refractivity contribution in [1.82, 2.24) is 9.97 Å². The normalized spacial score (nSPS) is 11.3. The molecule has 0 aliphatic heterocycles. The van der Waals surface area contributed by atoms with Gasteiger partial charge in [0.05, 0.1) is 5.39 Å². The molecule has 4 rings (SSSR count). The Labute approximate surface area is 164 Å². The highest BCUT2D eigenvalue weighted by Gasteiger charge is 2.14. The van der Waals surface area contributed by atoms with E-state index in [0.29, 0.717) is 5.92 Å². The van der Waals surface area contributed by atoms with Gasteiger partial charge in [-0.15, -0.1) is 11.3 Å². The molecule has 0 spiro atoms. The molecule has 27 heavy (non-hydrogen) atoms. The molecule has 3 nitrogen and oxygen atoms in total. The fraction of sp³-hybridized carbons (Fsp3) is 0.217. The number of nitrogens with one attached hydrogen (secondary N) is 1. The van der Waals surface area contributed by atoms with Gasteiger partial charge in [0.2, 0.25) is 0 Å². The molecule has 0 atom stereocenters. The van der Waals surface area contributed by atoms with Crippen molar-refractivity contribution in [2.75, 3.05) is 5.32 Å². The number of thiophene rings is 1. The Morgan fingerprint density at radius 2 is 1.74 bits per heavy atom. The van der Waals surface area contributed by atoms with Crippen molar-refractivity contribution in [2.24, 2.45) is 0 Å². The zero-order valence-electron chi connectivity index (χ0n) is 16.1. The van der Waals surface area contributed by atoms with Crippen LogP contribution in [0.1, 0.15) is 36.5 Å². The molecule has 2 aromatic heterocycles. The molecule has 1 N–H and O–H groups in total. The average Bonchev–Trinajstić information content (AvgIpc) is 3.09. The number of nitrogens with zero attached hydrogens (tertiary/aromatic N) is 2. The number of aromatic nitrogens is 2. The number of rotatable bonds is 4. The van der Waals surface area contributed by atoms with Crippen LogP contribution in [0, 0.1) is 13.8 Å². The number of fused-ring (bicyclic) bond motifs is 1. The molecule has 0 saturated heterocycles. The topological polar surface area (TPSA) is 37.8 Å². The third kappa shape index (κ3) is 3.45. The van der Waals surface area contributed by atoms with E-state index in [9.17, 15) is 0 Å². The van der Waals surface area contributed by atoms with E-state index in [4.69, 9.17) is 0 Å². The minimum absolute atomic E-state index is 0.531. The van der Waals surface area contributed by atoms with Crippen LogP contribution in [-0.4, -0.2) is 9.97 Å². The molecule has 0 unspecified atom stereocenters. The summed E-state index contributed by atoms with van der Waals surface area (Å²) >= 11 is 1.66. The maximum absolute atomic E-state index is 4.55. The Bertz CT molecular complexity index is 1090. The third-order valence-electron chi connectivity index (χ3n) is 4.89. The minimum atomic E-state index is 0.531. The Hall–Kier alpha value is -2.72. The number of hydrogen-bond acceptors (Lipinski definition) is 4. The van der Waals surface area contributed by atoms with Crippen LogP contribution in [0.2, 0.25) is 0 Å². The number of benzene rings is 2. The predicted octanol–water partition coefficient (Wildman–Crippen LogP) is 6.84. The Balaban J connectivity index is 1.79. The van der Waals surface area contributed by atoms with Crippen molar-refractivity contribution in [2.45, 2.75) is 33.6 Å². The van der Waals surface area contributed by atoms with E-state index in [1.54, 1.807) is 17.7 Å². The molecule has 4 aromatic rings. The summed E-state index contributed by atoms with van der Waals surface area (Å²) in [5, 5.41) is 6.78. The van der Waals surface area contributed by atoms with Crippen LogP contribution in [0.3, 0.4) is 0 Å². The van der Waals surface area contributed by atoms with E-state index in [1.165, 1.54) is 27.8 Å². The first-order valence-electron chi connectivity index (χ1n) is 9.19. The highest BCUT2D eigenvalue weighted by atomic mass is 32.1. The number of anilines is 2. The minimum Gasteiger partial charge on any atom is -0.339 e. The first-order chi connectivity index (χ1) is 13.0. The molecular weight excluding hydrogens is 350 g/mol. The second kappa shape index (κ2) is 7.12. The maximum atomic E-state index is 4.55. The zero-order chi connectivity index (χ0) is 19.0. The molecule has 2 aromatic carbocycles. The van der Waals surface area contributed by atoms with Crippen LogP contribution in [0.5, 0.6) is 0 Å². The summed E-state index contributed by atoms with van der Waals surface area (Å²) in [6, 6.07) is 15.2. The molecule has 0 aliphatic rings. The number of aryl methyl sites for hydroxylation is 2. The SMILES string of the molecule is Cc1ccc(Nc2ncnc3scc(-c4ccc(C(C)C)cc4)c23)c(C)c1. The fourth-order valence-electron chi connectivity index (χ4n) is 3.31. The lowest BCUT2D eigenvalue weighted by atomic mass is 9.99. The van der Waals surface area contributed by atoms with Gasteiger partial charge in [0.15, 0.2) is 0 Å². The summed E-state index contributed by atoms with van der Waals surface area (Å²) in [4.78, 5) is 10.0. The monoisotopic (exact) mass is 373 g/mol. The highest BCUT2D eigenvalue weighted by molar-refractivity contribution is 7.17. The van der Waals surface area contributed by atoms with E-state index < -0.39 is 0 Å². The molecule has 0 saturated carbocycles. The van der Waals surface area contributed by atoms with E-state index in [-0.39, 0.29) is 0 Å². The third-order valence-corrected chi connectivity index (χ3v) is 5.78. The summed E-state index contributed by atoms with van der Waals surface area (Å²) < 4.78 is 0. The molecule has 4 heteroatoms. The second-order valence-corrected chi connectivity index (χ2v) is 8.13. The van der Waals surface area contributed by atoms with Crippen molar-refractivity contribution in [3.8, 4) is 11.1 Å². The van der Waals surface area contributed by atoms with E-state index in [1.807, 2.05) is 0 Å². The van der Waals surface area contributed by atoms with Gasteiger partial charge in [-0.1, -0.05) is 55.8 Å². The lowest BCUT2D eigenvalue weighted by Crippen LogP contribution is -1.97. The molecule has 2 heterocycles. The summed E-state index contributed by atoms with van der Waals surface area (Å²) in [6.45, 7) is 8.66. The van der Waals surface area contributed by atoms with E-state index in [0.717, 1.165) is 21.7 Å². The maximum Gasteiger partial charge on any atom is 0.143 e. The zero-order valence-corrected chi connectivity index (χ0v) is 16.9. The van der Waals surface area contributed by atoms with Crippen molar-refractivity contribution < 1.29 is 0 Å². The van der Waals surface area contributed by atoms with Gasteiger partial charge in [-0.3, -0.25) is 0 Å². The largest absolute Gasteiger partial charge is 0.339 e. The van der Waals surface area contributed by atoms with E-state index >= 15 is 0 Å². The van der Waals surface area contributed by atoms with Gasteiger partial charge in [0.25, 0.3) is 0 Å². The second-order valence-electron chi connectivity index (χ2n) is 7.27. The Morgan fingerprint density at radius 1 is 0.963 bits per heavy atom. The molecular formula is C23H23N3S. The molecule has 0 aliphatic carbocycles.